The summed E-state index contributed by atoms with van der Waals surface area (Å²) in [6.07, 6.45) is -8.99. The number of hydrogen-bond acceptors (Lipinski definition) is 2. The molecule has 0 spiro atoms. The van der Waals surface area contributed by atoms with Gasteiger partial charge in [-0.15, -0.1) is 13.2 Å². The summed E-state index contributed by atoms with van der Waals surface area (Å²) in [7, 11) is 0. The van der Waals surface area contributed by atoms with Crippen LogP contribution in [0.25, 0.3) is 0 Å². The molecule has 0 bridgehead atoms. The highest BCUT2D eigenvalue weighted by atomic mass is 19.4. The molecule has 2 atom stereocenters. The van der Waals surface area contributed by atoms with Gasteiger partial charge >= 0.3 is 6.36 Å². The number of fused-ring (bicyclic) bond motifs is 1. The van der Waals surface area contributed by atoms with Gasteiger partial charge < -0.3 is 0 Å². The third-order valence-corrected chi connectivity index (χ3v) is 2.60. The summed E-state index contributed by atoms with van der Waals surface area (Å²) < 4.78 is 54.3. The maximum Gasteiger partial charge on any atom is 0.523 e. The molecule has 1 aliphatic rings. The largest absolute Gasteiger partial charge is 0.523 e. The van der Waals surface area contributed by atoms with Crippen molar-refractivity contribution in [2.75, 3.05) is 4.90 Å². The molecular weight excluding hydrogens is 254 g/mol. The second-order valence-electron chi connectivity index (χ2n) is 3.80. The van der Waals surface area contributed by atoms with E-state index in [0.717, 1.165) is 6.92 Å². The van der Waals surface area contributed by atoms with E-state index in [4.69, 9.17) is 0 Å². The van der Waals surface area contributed by atoms with E-state index in [0.29, 0.717) is 4.90 Å². The topological polar surface area (TPSA) is 29.5 Å². The Bertz CT molecular complexity index is 474. The molecular formula is C11H9F4NO2. The highest BCUT2D eigenvalue weighted by Crippen LogP contribution is 2.44. The van der Waals surface area contributed by atoms with Crippen molar-refractivity contribution in [3.63, 3.8) is 0 Å². The maximum absolute atomic E-state index is 13.9. The molecule has 1 amide bonds. The summed E-state index contributed by atoms with van der Waals surface area (Å²) in [4.78, 5) is 11.9. The van der Waals surface area contributed by atoms with Gasteiger partial charge in [0.1, 0.15) is 6.10 Å². The summed E-state index contributed by atoms with van der Waals surface area (Å²) in [5.74, 6) is -0.678. The SMILES string of the molecule is CC(=O)N1c2ccccc2[C@H](OC(F)(F)F)[C@@H]1F. The van der Waals surface area contributed by atoms with E-state index in [1.54, 1.807) is 0 Å². The van der Waals surface area contributed by atoms with E-state index in [2.05, 4.69) is 4.74 Å². The third-order valence-electron chi connectivity index (χ3n) is 2.60. The minimum atomic E-state index is -4.96. The van der Waals surface area contributed by atoms with E-state index in [-0.39, 0.29) is 11.3 Å². The average molecular weight is 263 g/mol. The van der Waals surface area contributed by atoms with Crippen LogP contribution in [0, 0.1) is 0 Å². The fourth-order valence-corrected chi connectivity index (χ4v) is 1.97. The number of ether oxygens (including phenoxy) is 1. The molecule has 1 aliphatic heterocycles. The first-order chi connectivity index (χ1) is 8.31. The zero-order chi connectivity index (χ0) is 13.5. The lowest BCUT2D eigenvalue weighted by Gasteiger charge is -2.21. The van der Waals surface area contributed by atoms with Crippen molar-refractivity contribution in [3.05, 3.63) is 29.8 Å². The van der Waals surface area contributed by atoms with Crippen molar-refractivity contribution in [1.82, 2.24) is 0 Å². The number of anilines is 1. The molecule has 0 aromatic heterocycles. The van der Waals surface area contributed by atoms with Crippen molar-refractivity contribution in [1.29, 1.82) is 0 Å². The Labute approximate surface area is 99.9 Å². The van der Waals surface area contributed by atoms with Crippen LogP contribution in [-0.2, 0) is 9.53 Å². The number of alkyl halides is 4. The molecule has 0 saturated heterocycles. The Hall–Kier alpha value is -1.63. The Morgan fingerprint density at radius 1 is 1.33 bits per heavy atom. The summed E-state index contributed by atoms with van der Waals surface area (Å²) >= 11 is 0. The molecule has 0 unspecified atom stereocenters. The first kappa shape index (κ1) is 12.8. The van der Waals surface area contributed by atoms with Gasteiger partial charge in [-0.05, 0) is 6.07 Å². The van der Waals surface area contributed by atoms with E-state index in [1.807, 2.05) is 0 Å². The summed E-state index contributed by atoms with van der Waals surface area (Å²) in [6, 6.07) is 5.66. The predicted octanol–water partition coefficient (Wildman–Crippen LogP) is 2.93. The number of hydrogen-bond donors (Lipinski definition) is 0. The molecule has 3 nitrogen and oxygen atoms in total. The zero-order valence-corrected chi connectivity index (χ0v) is 9.24. The summed E-state index contributed by atoms with van der Waals surface area (Å²) in [5.41, 5.74) is 0.115. The van der Waals surface area contributed by atoms with E-state index in [1.165, 1.54) is 24.3 Å². The number of halogens is 4. The van der Waals surface area contributed by atoms with Crippen LogP contribution in [0.5, 0.6) is 0 Å². The second kappa shape index (κ2) is 4.24. The zero-order valence-electron chi connectivity index (χ0n) is 9.24. The van der Waals surface area contributed by atoms with Crippen LogP contribution in [-0.4, -0.2) is 18.6 Å². The van der Waals surface area contributed by atoms with Crippen LogP contribution >= 0.6 is 0 Å². The molecule has 0 radical (unpaired) electrons. The standard InChI is InChI=1S/C11H9F4NO2/c1-6(17)16-8-5-3-2-4-7(8)9(10(16)12)18-11(13,14)15/h2-5,9-10H,1H3/t9-,10+/m0/s1. The number of carbonyl (C=O) groups excluding carboxylic acids is 1. The van der Waals surface area contributed by atoms with E-state index < -0.39 is 24.7 Å². The summed E-state index contributed by atoms with van der Waals surface area (Å²) in [6.45, 7) is 1.08. The van der Waals surface area contributed by atoms with Crippen molar-refractivity contribution in [2.45, 2.75) is 25.7 Å². The Kier molecular flexibility index (Phi) is 3.02. The van der Waals surface area contributed by atoms with Crippen molar-refractivity contribution in [3.8, 4) is 0 Å². The molecule has 1 aromatic rings. The van der Waals surface area contributed by atoms with Crippen LogP contribution in [0.4, 0.5) is 23.2 Å². The normalized spacial score (nSPS) is 23.1. The van der Waals surface area contributed by atoms with Crippen LogP contribution in [0.3, 0.4) is 0 Å². The minimum Gasteiger partial charge on any atom is -0.278 e. The third kappa shape index (κ3) is 2.17. The quantitative estimate of drug-likeness (QED) is 0.576. The van der Waals surface area contributed by atoms with Gasteiger partial charge in [0.2, 0.25) is 12.2 Å². The molecule has 1 aromatic carbocycles. The smallest absolute Gasteiger partial charge is 0.278 e. The van der Waals surface area contributed by atoms with Gasteiger partial charge in [0.05, 0.1) is 5.69 Å². The van der Waals surface area contributed by atoms with Crippen molar-refractivity contribution < 1.29 is 27.1 Å². The molecule has 0 fully saturated rings. The molecule has 18 heavy (non-hydrogen) atoms. The maximum atomic E-state index is 13.9. The van der Waals surface area contributed by atoms with Gasteiger partial charge in [-0.3, -0.25) is 14.4 Å². The Balaban J connectivity index is 2.42. The lowest BCUT2D eigenvalue weighted by molar-refractivity contribution is -0.349. The number of rotatable bonds is 1. The van der Waals surface area contributed by atoms with E-state index in [9.17, 15) is 22.4 Å². The lowest BCUT2D eigenvalue weighted by Crippen LogP contribution is -2.36. The van der Waals surface area contributed by atoms with Crippen molar-refractivity contribution in [2.24, 2.45) is 0 Å². The van der Waals surface area contributed by atoms with Gasteiger partial charge in [0.15, 0.2) is 0 Å². The Morgan fingerprint density at radius 3 is 2.50 bits per heavy atom. The first-order valence-electron chi connectivity index (χ1n) is 5.08. The number of para-hydroxylation sites is 1. The van der Waals surface area contributed by atoms with Crippen LogP contribution in [0.15, 0.2) is 24.3 Å². The predicted molar refractivity (Wildman–Crippen MR) is 54.4 cm³/mol. The molecule has 98 valence electrons. The molecule has 0 aliphatic carbocycles. The number of carbonyl (C=O) groups is 1. The molecule has 2 rings (SSSR count). The molecule has 0 N–H and O–H groups in total. The van der Waals surface area contributed by atoms with Crippen LogP contribution in [0.1, 0.15) is 18.6 Å². The number of nitrogens with zero attached hydrogens (tertiary/aromatic N) is 1. The van der Waals surface area contributed by atoms with E-state index >= 15 is 0 Å². The lowest BCUT2D eigenvalue weighted by atomic mass is 10.1. The van der Waals surface area contributed by atoms with Gasteiger partial charge in [-0.25, -0.2) is 4.39 Å². The number of amides is 1. The summed E-state index contributed by atoms with van der Waals surface area (Å²) in [5, 5.41) is 0. The monoisotopic (exact) mass is 263 g/mol. The fourth-order valence-electron chi connectivity index (χ4n) is 1.97. The number of benzene rings is 1. The first-order valence-corrected chi connectivity index (χ1v) is 5.08. The minimum absolute atomic E-state index is 0.0116. The van der Waals surface area contributed by atoms with Crippen LogP contribution < -0.4 is 4.90 Å². The van der Waals surface area contributed by atoms with Gasteiger partial charge in [0.25, 0.3) is 0 Å². The highest BCUT2D eigenvalue weighted by molar-refractivity contribution is 5.94. The Morgan fingerprint density at radius 2 is 1.94 bits per heavy atom. The fraction of sp³-hybridized carbons (Fsp3) is 0.364. The van der Waals surface area contributed by atoms with Gasteiger partial charge in [0, 0.05) is 12.5 Å². The van der Waals surface area contributed by atoms with Gasteiger partial charge in [-0.1, -0.05) is 18.2 Å². The average Bonchev–Trinajstić information content (AvgIpc) is 2.50. The van der Waals surface area contributed by atoms with Gasteiger partial charge in [-0.2, -0.15) is 0 Å². The molecule has 1 heterocycles. The van der Waals surface area contributed by atoms with Crippen molar-refractivity contribution >= 4 is 11.6 Å². The molecule has 7 heteroatoms. The van der Waals surface area contributed by atoms with Crippen LogP contribution in [0.2, 0.25) is 0 Å². The highest BCUT2D eigenvalue weighted by Gasteiger charge is 2.47. The second-order valence-corrected chi connectivity index (χ2v) is 3.80. The molecule has 0 saturated carbocycles.